The van der Waals surface area contributed by atoms with Gasteiger partial charge >= 0.3 is 5.97 Å². The van der Waals surface area contributed by atoms with Crippen LogP contribution in [-0.4, -0.2) is 29.2 Å². The number of esters is 1. The molecule has 1 aromatic rings. The Labute approximate surface area is 104 Å². The van der Waals surface area contributed by atoms with Crippen LogP contribution in [-0.2, 0) is 17.6 Å². The number of hydrogen-bond acceptors (Lipinski definition) is 3. The van der Waals surface area contributed by atoms with E-state index in [1.54, 1.807) is 13.8 Å². The minimum atomic E-state index is -2.38. The van der Waals surface area contributed by atoms with Crippen LogP contribution in [0.1, 0.15) is 42.0 Å². The number of rotatable bonds is 3. The van der Waals surface area contributed by atoms with Gasteiger partial charge in [0.05, 0.1) is 6.61 Å². The number of hydrogen-bond donors (Lipinski definition) is 1. The first-order chi connectivity index (χ1) is 8.48. The molecule has 1 aliphatic carbocycles. The number of fused-ring (bicyclic) bond motifs is 1. The van der Waals surface area contributed by atoms with Crippen molar-refractivity contribution in [3.63, 3.8) is 0 Å². The number of halogens is 2. The highest BCUT2D eigenvalue weighted by atomic mass is 19.3. The van der Waals surface area contributed by atoms with Crippen LogP contribution in [0.3, 0.4) is 0 Å². The van der Waals surface area contributed by atoms with Gasteiger partial charge in [-0.3, -0.25) is 5.10 Å². The molecule has 0 amide bonds. The zero-order valence-electron chi connectivity index (χ0n) is 10.4. The van der Waals surface area contributed by atoms with Gasteiger partial charge in [-0.1, -0.05) is 6.92 Å². The number of carbonyl (C=O) groups excluding carboxylic acids is 1. The standard InChI is InChI=1S/C12H16F2N2O2/c1-3-18-10(17)9-7-4-5-12(2,11(13)14)6-8(7)15-16-9/h11H,3-6H2,1-2H3,(H,15,16). The smallest absolute Gasteiger partial charge is 0.359 e. The van der Waals surface area contributed by atoms with E-state index < -0.39 is 17.8 Å². The largest absolute Gasteiger partial charge is 0.461 e. The number of nitrogens with zero attached hydrogens (tertiary/aromatic N) is 1. The number of nitrogens with one attached hydrogen (secondary N) is 1. The van der Waals surface area contributed by atoms with Crippen molar-refractivity contribution < 1.29 is 18.3 Å². The Morgan fingerprint density at radius 3 is 2.94 bits per heavy atom. The maximum Gasteiger partial charge on any atom is 0.359 e. The summed E-state index contributed by atoms with van der Waals surface area (Å²) in [6.45, 7) is 3.55. The lowest BCUT2D eigenvalue weighted by molar-refractivity contribution is -0.00296. The van der Waals surface area contributed by atoms with Crippen molar-refractivity contribution in [1.29, 1.82) is 0 Å². The van der Waals surface area contributed by atoms with Crippen LogP contribution in [0.2, 0.25) is 0 Å². The molecule has 0 radical (unpaired) electrons. The first-order valence-electron chi connectivity index (χ1n) is 5.99. The second-order valence-electron chi connectivity index (χ2n) is 4.88. The summed E-state index contributed by atoms with van der Waals surface area (Å²) < 4.78 is 30.8. The predicted molar refractivity (Wildman–Crippen MR) is 60.7 cm³/mol. The van der Waals surface area contributed by atoms with Crippen molar-refractivity contribution in [2.24, 2.45) is 5.41 Å². The minimum Gasteiger partial charge on any atom is -0.461 e. The van der Waals surface area contributed by atoms with Gasteiger partial charge in [-0.2, -0.15) is 5.10 Å². The molecule has 0 aromatic carbocycles. The minimum absolute atomic E-state index is 0.215. The van der Waals surface area contributed by atoms with Gasteiger partial charge in [-0.15, -0.1) is 0 Å². The predicted octanol–water partition coefficient (Wildman–Crippen LogP) is 2.35. The molecule has 2 rings (SSSR count). The van der Waals surface area contributed by atoms with E-state index in [1.807, 2.05) is 0 Å². The van der Waals surface area contributed by atoms with E-state index in [1.165, 1.54) is 0 Å². The van der Waals surface area contributed by atoms with Crippen molar-refractivity contribution in [3.05, 3.63) is 17.0 Å². The highest BCUT2D eigenvalue weighted by Gasteiger charge is 2.40. The van der Waals surface area contributed by atoms with Crippen LogP contribution < -0.4 is 0 Å². The maximum absolute atomic E-state index is 13.0. The van der Waals surface area contributed by atoms with E-state index in [9.17, 15) is 13.6 Å². The number of H-pyrrole nitrogens is 1. The number of carbonyl (C=O) groups is 1. The highest BCUT2D eigenvalue weighted by molar-refractivity contribution is 5.89. The fourth-order valence-corrected chi connectivity index (χ4v) is 2.27. The normalized spacial score (nSPS) is 22.9. The average molecular weight is 258 g/mol. The second kappa shape index (κ2) is 4.66. The SMILES string of the molecule is CCOC(=O)c1n[nH]c2c1CCC(C)(C(F)F)C2. The first-order valence-corrected chi connectivity index (χ1v) is 5.99. The number of ether oxygens (including phenoxy) is 1. The Balaban J connectivity index is 2.25. The van der Waals surface area contributed by atoms with E-state index in [2.05, 4.69) is 10.2 Å². The first kappa shape index (κ1) is 13.0. The van der Waals surface area contributed by atoms with E-state index in [-0.39, 0.29) is 18.7 Å². The van der Waals surface area contributed by atoms with Gasteiger partial charge in [0, 0.05) is 23.1 Å². The molecule has 100 valence electrons. The summed E-state index contributed by atoms with van der Waals surface area (Å²) in [4.78, 5) is 11.6. The van der Waals surface area contributed by atoms with E-state index >= 15 is 0 Å². The third kappa shape index (κ3) is 2.11. The quantitative estimate of drug-likeness (QED) is 0.847. The molecule has 1 N–H and O–H groups in total. The fraction of sp³-hybridized carbons (Fsp3) is 0.667. The molecule has 4 nitrogen and oxygen atoms in total. The molecule has 0 saturated heterocycles. The Morgan fingerprint density at radius 1 is 1.61 bits per heavy atom. The zero-order valence-corrected chi connectivity index (χ0v) is 10.4. The molecule has 0 saturated carbocycles. The molecule has 0 bridgehead atoms. The van der Waals surface area contributed by atoms with Gasteiger partial charge in [0.1, 0.15) is 0 Å². The zero-order chi connectivity index (χ0) is 13.3. The third-order valence-electron chi connectivity index (χ3n) is 3.48. The molecule has 18 heavy (non-hydrogen) atoms. The lowest BCUT2D eigenvalue weighted by Gasteiger charge is -2.32. The maximum atomic E-state index is 13.0. The van der Waals surface area contributed by atoms with Gasteiger partial charge in [0.2, 0.25) is 6.43 Å². The monoisotopic (exact) mass is 258 g/mol. The van der Waals surface area contributed by atoms with Gasteiger partial charge < -0.3 is 4.74 Å². The van der Waals surface area contributed by atoms with Crippen molar-refractivity contribution >= 4 is 5.97 Å². The Bertz CT molecular complexity index is 459. The molecule has 0 aliphatic heterocycles. The number of alkyl halides is 2. The second-order valence-corrected chi connectivity index (χ2v) is 4.88. The summed E-state index contributed by atoms with van der Waals surface area (Å²) in [6, 6.07) is 0. The van der Waals surface area contributed by atoms with Crippen molar-refractivity contribution in [2.75, 3.05) is 6.61 Å². The van der Waals surface area contributed by atoms with E-state index in [0.717, 1.165) is 5.56 Å². The Morgan fingerprint density at radius 2 is 2.33 bits per heavy atom. The molecule has 1 heterocycles. The van der Waals surface area contributed by atoms with Crippen LogP contribution >= 0.6 is 0 Å². The van der Waals surface area contributed by atoms with Crippen LogP contribution in [0.25, 0.3) is 0 Å². The van der Waals surface area contributed by atoms with Gasteiger partial charge in [-0.05, 0) is 19.8 Å². The topological polar surface area (TPSA) is 55.0 Å². The lowest BCUT2D eigenvalue weighted by atomic mass is 9.75. The Hall–Kier alpha value is -1.46. The molecule has 0 spiro atoms. The molecule has 6 heteroatoms. The van der Waals surface area contributed by atoms with Gasteiger partial charge in [0.25, 0.3) is 0 Å². The number of aromatic nitrogens is 2. The molecule has 1 atom stereocenters. The van der Waals surface area contributed by atoms with Crippen molar-refractivity contribution in [3.8, 4) is 0 Å². The summed E-state index contributed by atoms with van der Waals surface area (Å²) in [6.07, 6.45) is -1.38. The van der Waals surface area contributed by atoms with Crippen LogP contribution in [0, 0.1) is 5.41 Å². The van der Waals surface area contributed by atoms with Crippen LogP contribution in [0.5, 0.6) is 0 Å². The molecule has 0 fully saturated rings. The molecular weight excluding hydrogens is 242 g/mol. The van der Waals surface area contributed by atoms with Crippen molar-refractivity contribution in [1.82, 2.24) is 10.2 Å². The summed E-state index contributed by atoms with van der Waals surface area (Å²) >= 11 is 0. The van der Waals surface area contributed by atoms with Gasteiger partial charge in [-0.25, -0.2) is 13.6 Å². The lowest BCUT2D eigenvalue weighted by Crippen LogP contribution is -2.33. The summed E-state index contributed by atoms with van der Waals surface area (Å²) in [5.74, 6) is -0.490. The fourth-order valence-electron chi connectivity index (χ4n) is 2.27. The summed E-state index contributed by atoms with van der Waals surface area (Å²) in [5.41, 5.74) is 0.563. The average Bonchev–Trinajstić information content (AvgIpc) is 2.71. The molecule has 1 aliphatic rings. The van der Waals surface area contributed by atoms with Crippen LogP contribution in [0.15, 0.2) is 0 Å². The molecule has 1 unspecified atom stereocenters. The Kier molecular flexibility index (Phi) is 3.36. The third-order valence-corrected chi connectivity index (χ3v) is 3.48. The van der Waals surface area contributed by atoms with E-state index in [0.29, 0.717) is 18.5 Å². The summed E-state index contributed by atoms with van der Waals surface area (Å²) in [7, 11) is 0. The van der Waals surface area contributed by atoms with Crippen LogP contribution in [0.4, 0.5) is 8.78 Å². The van der Waals surface area contributed by atoms with Crippen molar-refractivity contribution in [2.45, 2.75) is 39.5 Å². The molecular formula is C12H16F2N2O2. The molecule has 1 aromatic heterocycles. The summed E-state index contributed by atoms with van der Waals surface area (Å²) in [5, 5.41) is 6.59. The number of aromatic amines is 1. The van der Waals surface area contributed by atoms with Gasteiger partial charge in [0.15, 0.2) is 5.69 Å². The van der Waals surface area contributed by atoms with E-state index in [4.69, 9.17) is 4.74 Å². The highest BCUT2D eigenvalue weighted by Crippen LogP contribution is 2.40.